The Kier molecular flexibility index (Phi) is 7.56. The van der Waals surface area contributed by atoms with Crippen LogP contribution in [0.5, 0.6) is 0 Å². The summed E-state index contributed by atoms with van der Waals surface area (Å²) < 4.78 is 5.59. The second kappa shape index (κ2) is 10.4. The molecule has 2 aliphatic heterocycles. The fourth-order valence-corrected chi connectivity index (χ4v) is 5.67. The molecule has 1 aliphatic carbocycles. The first-order chi connectivity index (χ1) is 16.6. The van der Waals surface area contributed by atoms with Crippen LogP contribution < -0.4 is 10.2 Å². The third-order valence-electron chi connectivity index (χ3n) is 7.39. The van der Waals surface area contributed by atoms with Crippen LogP contribution in [0.3, 0.4) is 0 Å². The van der Waals surface area contributed by atoms with Gasteiger partial charge in [-0.05, 0) is 83.7 Å². The van der Waals surface area contributed by atoms with Crippen molar-refractivity contribution in [1.82, 2.24) is 15.1 Å². The molecule has 2 bridgehead atoms. The molecule has 190 valence electrons. The van der Waals surface area contributed by atoms with Crippen LogP contribution in [0.1, 0.15) is 52.0 Å². The quantitative estimate of drug-likeness (QED) is 0.695. The summed E-state index contributed by atoms with van der Waals surface area (Å²) in [4.78, 5) is 32.5. The van der Waals surface area contributed by atoms with Gasteiger partial charge in [0.05, 0.1) is 6.07 Å². The fourth-order valence-electron chi connectivity index (χ4n) is 5.67. The van der Waals surface area contributed by atoms with Crippen molar-refractivity contribution < 1.29 is 14.3 Å². The fraction of sp³-hybridized carbons (Fsp3) is 0.667. The molecule has 8 heteroatoms. The normalized spacial score (nSPS) is 25.6. The number of nitrogens with zero attached hydrogens (tertiary/aromatic N) is 4. The lowest BCUT2D eigenvalue weighted by Crippen LogP contribution is -2.55. The van der Waals surface area contributed by atoms with Crippen LogP contribution in [0.25, 0.3) is 0 Å². The molecule has 0 aromatic heterocycles. The highest BCUT2D eigenvalue weighted by atomic mass is 16.6. The topological polar surface area (TPSA) is 88.9 Å². The van der Waals surface area contributed by atoms with Gasteiger partial charge in [0.1, 0.15) is 17.7 Å². The Morgan fingerprint density at radius 1 is 1.14 bits per heavy atom. The summed E-state index contributed by atoms with van der Waals surface area (Å²) in [7, 11) is 2.16. The third kappa shape index (κ3) is 6.07. The minimum atomic E-state index is -0.653. The van der Waals surface area contributed by atoms with E-state index in [-0.39, 0.29) is 17.9 Å². The number of piperidine rings is 1. The predicted molar refractivity (Wildman–Crippen MR) is 135 cm³/mol. The molecule has 2 amide bonds. The van der Waals surface area contributed by atoms with E-state index in [1.807, 2.05) is 32.9 Å². The van der Waals surface area contributed by atoms with Gasteiger partial charge >= 0.3 is 6.09 Å². The average molecular weight is 482 g/mol. The number of likely N-dealkylation sites (N-methyl/N-ethyl adjacent to an activating group) is 1. The largest absolute Gasteiger partial charge is 0.444 e. The highest BCUT2D eigenvalue weighted by Gasteiger charge is 2.52. The minimum absolute atomic E-state index is 0.0393. The van der Waals surface area contributed by atoms with Crippen LogP contribution in [0, 0.1) is 17.2 Å². The lowest BCUT2D eigenvalue weighted by atomic mass is 9.97. The van der Waals surface area contributed by atoms with E-state index in [0.29, 0.717) is 6.42 Å². The summed E-state index contributed by atoms with van der Waals surface area (Å²) in [5, 5.41) is 12.7. The van der Waals surface area contributed by atoms with Crippen LogP contribution in [-0.2, 0) is 16.0 Å². The van der Waals surface area contributed by atoms with Gasteiger partial charge in [-0.25, -0.2) is 4.79 Å². The highest BCUT2D eigenvalue weighted by molar-refractivity contribution is 5.87. The maximum absolute atomic E-state index is 13.3. The van der Waals surface area contributed by atoms with Crippen LogP contribution in [0.4, 0.5) is 10.5 Å². The molecule has 0 unspecified atom stereocenters. The molecule has 2 heterocycles. The number of amides is 2. The van der Waals surface area contributed by atoms with Crippen molar-refractivity contribution in [3.63, 3.8) is 0 Å². The second-order valence-electron chi connectivity index (χ2n) is 11.3. The minimum Gasteiger partial charge on any atom is -0.444 e. The summed E-state index contributed by atoms with van der Waals surface area (Å²) in [5.74, 6) is -0.126. The summed E-state index contributed by atoms with van der Waals surface area (Å²) in [5.41, 5.74) is 1.57. The lowest BCUT2D eigenvalue weighted by Gasteiger charge is -2.35. The summed E-state index contributed by atoms with van der Waals surface area (Å²) in [6.45, 7) is 9.70. The van der Waals surface area contributed by atoms with Gasteiger partial charge in [-0.15, -0.1) is 0 Å². The summed E-state index contributed by atoms with van der Waals surface area (Å²) in [6.07, 6.45) is 3.78. The molecule has 3 aliphatic rings. The first-order valence-corrected chi connectivity index (χ1v) is 12.9. The highest BCUT2D eigenvalue weighted by Crippen LogP contribution is 2.43. The monoisotopic (exact) mass is 481 g/mol. The van der Waals surface area contributed by atoms with Crippen LogP contribution in [0.15, 0.2) is 24.3 Å². The lowest BCUT2D eigenvalue weighted by molar-refractivity contribution is -0.128. The standard InChI is InChI=1S/C27H39N5O3/c1-27(2,3)35-26(34)32-23-11-8-20(17-23)24(32)25(33)29-21(18-28)16-19-6-9-22(10-7-19)31-13-5-12-30(4)14-15-31/h6-7,9-10,20-21,23-24H,5,8,11-17H2,1-4H3,(H,29,33)/t20-,21-,23+,24-/m0/s1. The average Bonchev–Trinajstić information content (AvgIpc) is 3.35. The number of carbonyl (C=O) groups is 2. The first kappa shape index (κ1) is 25.3. The molecule has 1 aromatic carbocycles. The van der Waals surface area contributed by atoms with E-state index in [9.17, 15) is 14.9 Å². The molecule has 0 radical (unpaired) electrons. The van der Waals surface area contributed by atoms with E-state index in [0.717, 1.165) is 57.4 Å². The predicted octanol–water partition coefficient (Wildman–Crippen LogP) is 3.17. The Labute approximate surface area is 209 Å². The summed E-state index contributed by atoms with van der Waals surface area (Å²) >= 11 is 0. The van der Waals surface area contributed by atoms with Gasteiger partial charge in [0.15, 0.2) is 0 Å². The Morgan fingerprint density at radius 3 is 2.57 bits per heavy atom. The van der Waals surface area contributed by atoms with Crippen LogP contribution in [0.2, 0.25) is 0 Å². The number of benzene rings is 1. The van der Waals surface area contributed by atoms with Crippen molar-refractivity contribution in [2.45, 2.75) is 76.6 Å². The number of carbonyl (C=O) groups excluding carboxylic acids is 2. The Balaban J connectivity index is 1.38. The van der Waals surface area contributed by atoms with Gasteiger partial charge in [0.25, 0.3) is 0 Å². The number of nitrogens with one attached hydrogen (secondary N) is 1. The second-order valence-corrected chi connectivity index (χ2v) is 11.3. The Bertz CT molecular complexity index is 951. The first-order valence-electron chi connectivity index (χ1n) is 12.9. The van der Waals surface area contributed by atoms with Crippen molar-refractivity contribution >= 4 is 17.7 Å². The van der Waals surface area contributed by atoms with E-state index in [4.69, 9.17) is 4.74 Å². The molecule has 8 nitrogen and oxygen atoms in total. The molecule has 1 N–H and O–H groups in total. The number of nitriles is 1. The molecule has 0 spiro atoms. The Morgan fingerprint density at radius 2 is 1.89 bits per heavy atom. The smallest absolute Gasteiger partial charge is 0.411 e. The molecule has 4 rings (SSSR count). The van der Waals surface area contributed by atoms with E-state index in [1.54, 1.807) is 4.90 Å². The van der Waals surface area contributed by atoms with Gasteiger partial charge in [-0.2, -0.15) is 5.26 Å². The van der Waals surface area contributed by atoms with E-state index in [1.165, 1.54) is 5.69 Å². The third-order valence-corrected chi connectivity index (χ3v) is 7.39. The van der Waals surface area contributed by atoms with E-state index < -0.39 is 23.8 Å². The molecular formula is C27H39N5O3. The van der Waals surface area contributed by atoms with Gasteiger partial charge in [0.2, 0.25) is 5.91 Å². The van der Waals surface area contributed by atoms with Crippen molar-refractivity contribution in [2.24, 2.45) is 5.92 Å². The van der Waals surface area contributed by atoms with Crippen molar-refractivity contribution in [2.75, 3.05) is 38.1 Å². The maximum Gasteiger partial charge on any atom is 0.411 e. The zero-order valence-corrected chi connectivity index (χ0v) is 21.5. The number of likely N-dealkylation sites (tertiary alicyclic amines) is 1. The van der Waals surface area contributed by atoms with Crippen molar-refractivity contribution in [1.29, 1.82) is 5.26 Å². The zero-order chi connectivity index (χ0) is 25.2. The van der Waals surface area contributed by atoms with E-state index >= 15 is 0 Å². The SMILES string of the molecule is CN1CCCN(c2ccc(C[C@@H](C#N)NC(=O)[C@@H]3[C@H]4CC[C@H](C4)N3C(=O)OC(C)(C)C)cc2)CC1. The van der Waals surface area contributed by atoms with Crippen LogP contribution >= 0.6 is 0 Å². The van der Waals surface area contributed by atoms with E-state index in [2.05, 4.69) is 40.4 Å². The van der Waals surface area contributed by atoms with Gasteiger partial charge in [-0.1, -0.05) is 12.1 Å². The summed E-state index contributed by atoms with van der Waals surface area (Å²) in [6, 6.07) is 9.37. The number of fused-ring (bicyclic) bond motifs is 2. The number of hydrogen-bond acceptors (Lipinski definition) is 6. The van der Waals surface area contributed by atoms with Gasteiger partial charge in [-0.3, -0.25) is 9.69 Å². The number of ether oxygens (including phenoxy) is 1. The number of rotatable bonds is 5. The molecule has 35 heavy (non-hydrogen) atoms. The Hall–Kier alpha value is -2.79. The van der Waals surface area contributed by atoms with Crippen LogP contribution in [-0.4, -0.2) is 78.8 Å². The maximum atomic E-state index is 13.3. The van der Waals surface area contributed by atoms with Gasteiger partial charge in [0, 0.05) is 37.8 Å². The molecular weight excluding hydrogens is 442 g/mol. The van der Waals surface area contributed by atoms with Crippen molar-refractivity contribution in [3.05, 3.63) is 29.8 Å². The molecule has 2 saturated heterocycles. The molecule has 3 fully saturated rings. The molecule has 4 atom stereocenters. The molecule has 1 aromatic rings. The number of hydrogen-bond donors (Lipinski definition) is 1. The molecule has 1 saturated carbocycles. The van der Waals surface area contributed by atoms with Crippen molar-refractivity contribution in [3.8, 4) is 6.07 Å². The number of anilines is 1. The van der Waals surface area contributed by atoms with Gasteiger partial charge < -0.3 is 19.9 Å². The zero-order valence-electron chi connectivity index (χ0n) is 21.5.